The first-order valence-corrected chi connectivity index (χ1v) is 10.8. The molecule has 4 rings (SSSR count). The van der Waals surface area contributed by atoms with Gasteiger partial charge in [-0.05, 0) is 24.1 Å². The average Bonchev–Trinajstić information content (AvgIpc) is 3.15. The Bertz CT molecular complexity index is 1030. The molecule has 0 spiro atoms. The number of benzene rings is 2. The first-order valence-electron chi connectivity index (χ1n) is 10.8. The van der Waals surface area contributed by atoms with Crippen LogP contribution < -0.4 is 5.32 Å². The van der Waals surface area contributed by atoms with E-state index in [1.54, 1.807) is 0 Å². The minimum Gasteiger partial charge on any atom is -0.378 e. The number of imidazole rings is 1. The summed E-state index contributed by atoms with van der Waals surface area (Å²) >= 11 is 0. The Morgan fingerprint density at radius 1 is 1.00 bits per heavy atom. The van der Waals surface area contributed by atoms with E-state index in [1.165, 1.54) is 0 Å². The highest BCUT2D eigenvalue weighted by atomic mass is 16.5. The van der Waals surface area contributed by atoms with Gasteiger partial charge >= 0.3 is 0 Å². The monoisotopic (exact) mass is 420 g/mol. The van der Waals surface area contributed by atoms with Crippen molar-refractivity contribution >= 4 is 22.8 Å². The Hall–Kier alpha value is -3.19. The molecule has 3 aromatic rings. The molecular weight excluding hydrogens is 392 g/mol. The van der Waals surface area contributed by atoms with Crippen molar-refractivity contribution in [3.63, 3.8) is 0 Å². The van der Waals surface area contributed by atoms with Crippen LogP contribution in [0.1, 0.15) is 17.8 Å². The zero-order valence-corrected chi connectivity index (χ0v) is 17.6. The molecule has 2 heterocycles. The van der Waals surface area contributed by atoms with Gasteiger partial charge in [0.2, 0.25) is 11.8 Å². The van der Waals surface area contributed by atoms with Gasteiger partial charge in [0.15, 0.2) is 0 Å². The Morgan fingerprint density at radius 2 is 1.74 bits per heavy atom. The number of carbonyl (C=O) groups is 2. The van der Waals surface area contributed by atoms with Gasteiger partial charge in [-0.1, -0.05) is 42.5 Å². The number of hydrogen-bond acceptors (Lipinski definition) is 4. The number of carbonyl (C=O) groups excluding carboxylic acids is 2. The molecule has 2 aromatic carbocycles. The molecule has 1 aliphatic rings. The number of rotatable bonds is 8. The topological polar surface area (TPSA) is 76.5 Å². The van der Waals surface area contributed by atoms with Crippen molar-refractivity contribution in [3.05, 3.63) is 66.0 Å². The lowest BCUT2D eigenvalue weighted by molar-refractivity contribution is -0.135. The second-order valence-corrected chi connectivity index (χ2v) is 7.71. The van der Waals surface area contributed by atoms with Gasteiger partial charge < -0.3 is 19.5 Å². The van der Waals surface area contributed by atoms with Gasteiger partial charge in [0.05, 0.1) is 30.7 Å². The number of nitrogens with zero attached hydrogens (tertiary/aromatic N) is 3. The van der Waals surface area contributed by atoms with Gasteiger partial charge in [0.1, 0.15) is 12.4 Å². The predicted octanol–water partition coefficient (Wildman–Crippen LogP) is 2.19. The second-order valence-electron chi connectivity index (χ2n) is 7.71. The Kier molecular flexibility index (Phi) is 6.94. The summed E-state index contributed by atoms with van der Waals surface area (Å²) in [5, 5.41) is 2.98. The van der Waals surface area contributed by atoms with E-state index < -0.39 is 0 Å². The summed E-state index contributed by atoms with van der Waals surface area (Å²) in [5.74, 6) is 0.978. The van der Waals surface area contributed by atoms with Crippen molar-refractivity contribution in [1.29, 1.82) is 0 Å². The Morgan fingerprint density at radius 3 is 2.55 bits per heavy atom. The molecule has 0 unspecified atom stereocenters. The molecule has 7 heteroatoms. The standard InChI is InChI=1S/C24H28N4O3/c29-23(17-19-7-2-1-3-8-19)25-12-6-11-22-26-20-9-4-5-10-21(20)28(22)18-24(30)27-13-15-31-16-14-27/h1-5,7-10H,6,11-18H2,(H,25,29). The number of aryl methyl sites for hydroxylation is 1. The fraction of sp³-hybridized carbons (Fsp3) is 0.375. The maximum atomic E-state index is 12.8. The summed E-state index contributed by atoms with van der Waals surface area (Å²) in [7, 11) is 0. The van der Waals surface area contributed by atoms with Crippen molar-refractivity contribution < 1.29 is 14.3 Å². The van der Waals surface area contributed by atoms with E-state index in [-0.39, 0.29) is 18.4 Å². The van der Waals surface area contributed by atoms with Gasteiger partial charge in [-0.3, -0.25) is 9.59 Å². The Balaban J connectivity index is 1.36. The fourth-order valence-corrected chi connectivity index (χ4v) is 3.86. The minimum atomic E-state index is 0.0159. The van der Waals surface area contributed by atoms with Crippen LogP contribution in [0.15, 0.2) is 54.6 Å². The smallest absolute Gasteiger partial charge is 0.242 e. The molecule has 0 radical (unpaired) electrons. The third-order valence-electron chi connectivity index (χ3n) is 5.50. The summed E-state index contributed by atoms with van der Waals surface area (Å²) < 4.78 is 7.37. The number of amides is 2. The number of aromatic nitrogens is 2. The lowest BCUT2D eigenvalue weighted by Crippen LogP contribution is -2.42. The fourth-order valence-electron chi connectivity index (χ4n) is 3.86. The number of nitrogens with one attached hydrogen (secondary N) is 1. The molecule has 1 aromatic heterocycles. The molecule has 0 bridgehead atoms. The normalized spacial score (nSPS) is 14.0. The van der Waals surface area contributed by atoms with E-state index in [0.717, 1.165) is 28.8 Å². The first-order chi connectivity index (χ1) is 15.2. The van der Waals surface area contributed by atoms with Gasteiger partial charge in [-0.25, -0.2) is 4.98 Å². The largest absolute Gasteiger partial charge is 0.378 e. The van der Waals surface area contributed by atoms with E-state index in [1.807, 2.05) is 64.1 Å². The van der Waals surface area contributed by atoms with E-state index in [9.17, 15) is 9.59 Å². The van der Waals surface area contributed by atoms with Gasteiger partial charge in [-0.2, -0.15) is 0 Å². The lowest BCUT2D eigenvalue weighted by atomic mass is 10.1. The summed E-state index contributed by atoms with van der Waals surface area (Å²) in [6.07, 6.45) is 1.83. The number of ether oxygens (including phenoxy) is 1. The maximum absolute atomic E-state index is 12.8. The zero-order chi connectivity index (χ0) is 21.5. The highest BCUT2D eigenvalue weighted by Gasteiger charge is 2.20. The van der Waals surface area contributed by atoms with Crippen LogP contribution in [-0.4, -0.2) is 59.1 Å². The van der Waals surface area contributed by atoms with Crippen LogP contribution in [-0.2, 0) is 33.7 Å². The molecule has 0 atom stereocenters. The zero-order valence-electron chi connectivity index (χ0n) is 17.6. The molecule has 1 aliphatic heterocycles. The number of para-hydroxylation sites is 2. The van der Waals surface area contributed by atoms with E-state index in [0.29, 0.717) is 45.7 Å². The molecule has 0 saturated carbocycles. The third kappa shape index (κ3) is 5.49. The SMILES string of the molecule is O=C(Cc1ccccc1)NCCCc1nc2ccccc2n1CC(=O)N1CCOCC1. The second kappa shape index (κ2) is 10.2. The van der Waals surface area contributed by atoms with Gasteiger partial charge in [0, 0.05) is 26.1 Å². The summed E-state index contributed by atoms with van der Waals surface area (Å²) in [6, 6.07) is 17.6. The quantitative estimate of drug-likeness (QED) is 0.567. The van der Waals surface area contributed by atoms with Crippen molar-refractivity contribution in [2.24, 2.45) is 0 Å². The number of morpholine rings is 1. The first kappa shape index (κ1) is 21.1. The van der Waals surface area contributed by atoms with Gasteiger partial charge in [0.25, 0.3) is 0 Å². The summed E-state index contributed by atoms with van der Waals surface area (Å²) in [4.78, 5) is 31.6. The van der Waals surface area contributed by atoms with E-state index >= 15 is 0 Å². The van der Waals surface area contributed by atoms with Crippen LogP contribution in [0.3, 0.4) is 0 Å². The van der Waals surface area contributed by atoms with E-state index in [2.05, 4.69) is 5.32 Å². The lowest BCUT2D eigenvalue weighted by Gasteiger charge is -2.27. The molecule has 1 fully saturated rings. The van der Waals surface area contributed by atoms with Crippen molar-refractivity contribution in [1.82, 2.24) is 19.8 Å². The number of hydrogen-bond donors (Lipinski definition) is 1. The van der Waals surface area contributed by atoms with Crippen molar-refractivity contribution in [2.45, 2.75) is 25.8 Å². The molecule has 1 saturated heterocycles. The van der Waals surface area contributed by atoms with Crippen LogP contribution in [0.5, 0.6) is 0 Å². The predicted molar refractivity (Wildman–Crippen MR) is 119 cm³/mol. The third-order valence-corrected chi connectivity index (χ3v) is 5.50. The van der Waals surface area contributed by atoms with Crippen molar-refractivity contribution in [3.8, 4) is 0 Å². The molecule has 31 heavy (non-hydrogen) atoms. The van der Waals surface area contributed by atoms with Gasteiger partial charge in [-0.15, -0.1) is 0 Å². The van der Waals surface area contributed by atoms with Crippen LogP contribution >= 0.6 is 0 Å². The molecule has 162 valence electrons. The van der Waals surface area contributed by atoms with Crippen LogP contribution in [0.2, 0.25) is 0 Å². The molecule has 7 nitrogen and oxygen atoms in total. The van der Waals surface area contributed by atoms with Crippen LogP contribution in [0.25, 0.3) is 11.0 Å². The molecular formula is C24H28N4O3. The molecule has 2 amide bonds. The average molecular weight is 421 g/mol. The molecule has 1 N–H and O–H groups in total. The molecule has 0 aliphatic carbocycles. The Labute approximate surface area is 182 Å². The van der Waals surface area contributed by atoms with Crippen LogP contribution in [0, 0.1) is 0 Å². The van der Waals surface area contributed by atoms with Crippen molar-refractivity contribution in [2.75, 3.05) is 32.8 Å². The maximum Gasteiger partial charge on any atom is 0.242 e. The summed E-state index contributed by atoms with van der Waals surface area (Å²) in [6.45, 7) is 3.29. The van der Waals surface area contributed by atoms with Crippen LogP contribution in [0.4, 0.5) is 0 Å². The number of fused-ring (bicyclic) bond motifs is 1. The highest BCUT2D eigenvalue weighted by molar-refractivity contribution is 5.81. The van der Waals surface area contributed by atoms with E-state index in [4.69, 9.17) is 9.72 Å². The summed E-state index contributed by atoms with van der Waals surface area (Å²) in [5.41, 5.74) is 2.86. The minimum absolute atomic E-state index is 0.0159. The highest BCUT2D eigenvalue weighted by Crippen LogP contribution is 2.18.